The summed E-state index contributed by atoms with van der Waals surface area (Å²) in [7, 11) is 1.54. The number of carbonyl (C=O) groups excluding carboxylic acids is 1. The zero-order chi connectivity index (χ0) is 13.3. The van der Waals surface area contributed by atoms with Gasteiger partial charge in [0.05, 0.1) is 0 Å². The standard InChI is InChI=1S/C9H9N5O3S/c1-4-11-12-9(18-4)10-7(15)6-5(8(16)17)3-14(2)13-6/h3H,1-2H3,(H,16,17)(H,10,12,15). The predicted octanol–water partition coefficient (Wildman–Crippen LogP) is 0.531. The first-order chi connectivity index (χ1) is 8.47. The summed E-state index contributed by atoms with van der Waals surface area (Å²) < 4.78 is 1.27. The molecule has 94 valence electrons. The Labute approximate surface area is 105 Å². The lowest BCUT2D eigenvalue weighted by atomic mass is 10.2. The van der Waals surface area contributed by atoms with Gasteiger partial charge in [-0.05, 0) is 6.92 Å². The molecule has 0 fully saturated rings. The summed E-state index contributed by atoms with van der Waals surface area (Å²) in [6.45, 7) is 1.75. The summed E-state index contributed by atoms with van der Waals surface area (Å²) in [6.07, 6.45) is 1.27. The highest BCUT2D eigenvalue weighted by atomic mass is 32.1. The molecule has 18 heavy (non-hydrogen) atoms. The molecule has 0 aliphatic heterocycles. The van der Waals surface area contributed by atoms with Crippen molar-refractivity contribution in [3.05, 3.63) is 22.5 Å². The zero-order valence-electron chi connectivity index (χ0n) is 9.54. The van der Waals surface area contributed by atoms with Gasteiger partial charge in [0, 0.05) is 13.2 Å². The highest BCUT2D eigenvalue weighted by Crippen LogP contribution is 2.15. The molecule has 9 heteroatoms. The lowest BCUT2D eigenvalue weighted by Crippen LogP contribution is -2.16. The lowest BCUT2D eigenvalue weighted by Gasteiger charge is -1.98. The van der Waals surface area contributed by atoms with Crippen molar-refractivity contribution in [2.45, 2.75) is 6.92 Å². The average molecular weight is 267 g/mol. The monoisotopic (exact) mass is 267 g/mol. The Bertz CT molecular complexity index is 618. The Morgan fingerprint density at radius 2 is 2.17 bits per heavy atom. The quantitative estimate of drug-likeness (QED) is 0.839. The van der Waals surface area contributed by atoms with Crippen LogP contribution in [0.5, 0.6) is 0 Å². The van der Waals surface area contributed by atoms with Crippen molar-refractivity contribution in [2.75, 3.05) is 5.32 Å². The SMILES string of the molecule is Cc1nnc(NC(=O)c2nn(C)cc2C(=O)O)s1. The largest absolute Gasteiger partial charge is 0.478 e. The average Bonchev–Trinajstić information content (AvgIpc) is 2.85. The normalized spacial score (nSPS) is 10.3. The number of anilines is 1. The van der Waals surface area contributed by atoms with E-state index in [1.165, 1.54) is 29.3 Å². The van der Waals surface area contributed by atoms with Crippen molar-refractivity contribution < 1.29 is 14.7 Å². The topological polar surface area (TPSA) is 110 Å². The van der Waals surface area contributed by atoms with Gasteiger partial charge < -0.3 is 5.11 Å². The molecule has 0 saturated heterocycles. The molecule has 2 N–H and O–H groups in total. The second-order valence-corrected chi connectivity index (χ2v) is 4.63. The lowest BCUT2D eigenvalue weighted by molar-refractivity contribution is 0.0692. The van der Waals surface area contributed by atoms with Gasteiger partial charge in [-0.15, -0.1) is 10.2 Å². The number of carboxylic acid groups (broad SMARTS) is 1. The summed E-state index contributed by atoms with van der Waals surface area (Å²) in [5.41, 5.74) is -0.311. The Hall–Kier alpha value is -2.29. The van der Waals surface area contributed by atoms with Crippen LogP contribution >= 0.6 is 11.3 Å². The first-order valence-electron chi connectivity index (χ1n) is 4.86. The molecule has 0 radical (unpaired) electrons. The van der Waals surface area contributed by atoms with Gasteiger partial charge >= 0.3 is 5.97 Å². The first kappa shape index (κ1) is 12.2. The highest BCUT2D eigenvalue weighted by Gasteiger charge is 2.21. The Balaban J connectivity index is 2.26. The summed E-state index contributed by atoms with van der Waals surface area (Å²) >= 11 is 1.20. The summed E-state index contributed by atoms with van der Waals surface area (Å²) in [4.78, 5) is 22.8. The van der Waals surface area contributed by atoms with Crippen molar-refractivity contribution in [3.8, 4) is 0 Å². The van der Waals surface area contributed by atoms with Crippen LogP contribution in [0.15, 0.2) is 6.20 Å². The van der Waals surface area contributed by atoms with Gasteiger partial charge in [0.25, 0.3) is 5.91 Å². The maximum atomic E-state index is 11.9. The molecule has 2 aromatic rings. The molecule has 2 aromatic heterocycles. The van der Waals surface area contributed by atoms with Crippen LogP contribution < -0.4 is 5.32 Å². The Kier molecular flexibility index (Phi) is 3.06. The molecular weight excluding hydrogens is 258 g/mol. The van der Waals surface area contributed by atoms with E-state index in [9.17, 15) is 9.59 Å². The van der Waals surface area contributed by atoms with Crippen molar-refractivity contribution >= 4 is 28.3 Å². The second-order valence-electron chi connectivity index (χ2n) is 3.45. The number of carbonyl (C=O) groups is 2. The van der Waals surface area contributed by atoms with Crippen LogP contribution in [0.1, 0.15) is 25.9 Å². The van der Waals surface area contributed by atoms with E-state index < -0.39 is 11.9 Å². The molecule has 0 spiro atoms. The molecule has 0 aromatic carbocycles. The zero-order valence-corrected chi connectivity index (χ0v) is 10.4. The van der Waals surface area contributed by atoms with Gasteiger partial charge in [-0.25, -0.2) is 4.79 Å². The molecule has 2 rings (SSSR count). The van der Waals surface area contributed by atoms with E-state index in [0.29, 0.717) is 10.1 Å². The maximum absolute atomic E-state index is 11.9. The number of aromatic nitrogens is 4. The van der Waals surface area contributed by atoms with E-state index in [4.69, 9.17) is 5.11 Å². The van der Waals surface area contributed by atoms with E-state index in [2.05, 4.69) is 20.6 Å². The molecule has 0 aliphatic carbocycles. The smallest absolute Gasteiger partial charge is 0.339 e. The van der Waals surface area contributed by atoms with Gasteiger partial charge in [0.2, 0.25) is 5.13 Å². The van der Waals surface area contributed by atoms with Crippen LogP contribution in [0.2, 0.25) is 0 Å². The molecular formula is C9H9N5O3S. The minimum absolute atomic E-state index is 0.155. The summed E-state index contributed by atoms with van der Waals surface area (Å²) in [5, 5.41) is 23.7. The molecule has 1 amide bonds. The molecule has 0 atom stereocenters. The van der Waals surface area contributed by atoms with E-state index >= 15 is 0 Å². The first-order valence-corrected chi connectivity index (χ1v) is 5.67. The van der Waals surface area contributed by atoms with E-state index in [-0.39, 0.29) is 11.3 Å². The minimum atomic E-state index is -1.21. The van der Waals surface area contributed by atoms with Gasteiger partial charge in [-0.1, -0.05) is 11.3 Å². The fourth-order valence-electron chi connectivity index (χ4n) is 1.32. The number of nitrogens with one attached hydrogen (secondary N) is 1. The van der Waals surface area contributed by atoms with E-state index in [1.54, 1.807) is 6.92 Å². The number of carboxylic acids is 1. The van der Waals surface area contributed by atoms with Crippen molar-refractivity contribution in [1.82, 2.24) is 20.0 Å². The summed E-state index contributed by atoms with van der Waals surface area (Å²) in [5.74, 6) is -1.83. The molecule has 0 saturated carbocycles. The van der Waals surface area contributed by atoms with E-state index in [0.717, 1.165) is 0 Å². The van der Waals surface area contributed by atoms with Gasteiger partial charge in [0.15, 0.2) is 5.69 Å². The Morgan fingerprint density at radius 1 is 1.44 bits per heavy atom. The van der Waals surface area contributed by atoms with Gasteiger partial charge in [0.1, 0.15) is 10.6 Å². The highest BCUT2D eigenvalue weighted by molar-refractivity contribution is 7.15. The van der Waals surface area contributed by atoms with Crippen molar-refractivity contribution in [2.24, 2.45) is 7.05 Å². The number of hydrogen-bond acceptors (Lipinski definition) is 6. The van der Waals surface area contributed by atoms with Gasteiger partial charge in [-0.3, -0.25) is 14.8 Å². The number of aryl methyl sites for hydroxylation is 2. The molecule has 0 bridgehead atoms. The third-order valence-electron chi connectivity index (χ3n) is 2.02. The molecule has 0 unspecified atom stereocenters. The Morgan fingerprint density at radius 3 is 2.72 bits per heavy atom. The van der Waals surface area contributed by atoms with Crippen LogP contribution in [0, 0.1) is 6.92 Å². The van der Waals surface area contributed by atoms with Crippen LogP contribution in [0.3, 0.4) is 0 Å². The van der Waals surface area contributed by atoms with Gasteiger partial charge in [-0.2, -0.15) is 5.10 Å². The second kappa shape index (κ2) is 4.53. The van der Waals surface area contributed by atoms with Crippen LogP contribution in [0.4, 0.5) is 5.13 Å². The molecule has 2 heterocycles. The fourth-order valence-corrected chi connectivity index (χ4v) is 1.90. The third-order valence-corrected chi connectivity index (χ3v) is 2.77. The molecule has 0 aliphatic rings. The van der Waals surface area contributed by atoms with Crippen LogP contribution in [-0.2, 0) is 7.05 Å². The number of amides is 1. The number of hydrogen-bond donors (Lipinski definition) is 2. The summed E-state index contributed by atoms with van der Waals surface area (Å²) in [6, 6.07) is 0. The predicted molar refractivity (Wildman–Crippen MR) is 62.8 cm³/mol. The number of rotatable bonds is 3. The van der Waals surface area contributed by atoms with Crippen molar-refractivity contribution in [1.29, 1.82) is 0 Å². The fraction of sp³-hybridized carbons (Fsp3) is 0.222. The number of aromatic carboxylic acids is 1. The number of nitrogens with zero attached hydrogens (tertiary/aromatic N) is 4. The van der Waals surface area contributed by atoms with E-state index in [1.807, 2.05) is 0 Å². The molecule has 8 nitrogen and oxygen atoms in total. The van der Waals surface area contributed by atoms with Crippen molar-refractivity contribution in [3.63, 3.8) is 0 Å². The minimum Gasteiger partial charge on any atom is -0.478 e. The van der Waals surface area contributed by atoms with Crippen LogP contribution in [0.25, 0.3) is 0 Å². The maximum Gasteiger partial charge on any atom is 0.339 e. The van der Waals surface area contributed by atoms with Crippen LogP contribution in [-0.4, -0.2) is 37.0 Å². The third kappa shape index (κ3) is 2.35.